The maximum Gasteiger partial charge on any atom is 0.230 e. The minimum absolute atomic E-state index is 0.0314. The largest absolute Gasteiger partial charge is 0.351 e. The van der Waals surface area contributed by atoms with Gasteiger partial charge in [0.05, 0.1) is 15.8 Å². The zero-order valence-electron chi connectivity index (χ0n) is 11.3. The summed E-state index contributed by atoms with van der Waals surface area (Å²) in [5, 5.41) is 3.99. The maximum atomic E-state index is 11.7. The van der Waals surface area contributed by atoms with Gasteiger partial charge in [0, 0.05) is 12.3 Å². The highest BCUT2D eigenvalue weighted by Crippen LogP contribution is 2.24. The Morgan fingerprint density at radius 2 is 1.76 bits per heavy atom. The molecule has 2 nitrogen and oxygen atoms in total. The molecule has 1 N–H and O–H groups in total. The van der Waals surface area contributed by atoms with Gasteiger partial charge < -0.3 is 5.32 Å². The van der Waals surface area contributed by atoms with E-state index in [1.807, 2.05) is 42.5 Å². The number of nitrogens with one attached hydrogen (secondary N) is 1. The van der Waals surface area contributed by atoms with Crippen molar-refractivity contribution in [2.75, 3.05) is 5.75 Å². The second-order valence-corrected chi connectivity index (χ2v) is 6.30. The molecule has 0 radical (unpaired) electrons. The molecule has 0 heterocycles. The second kappa shape index (κ2) is 8.32. The molecule has 2 aromatic carbocycles. The first-order valence-corrected chi connectivity index (χ1v) is 8.38. The van der Waals surface area contributed by atoms with Crippen LogP contribution in [0.15, 0.2) is 48.5 Å². The van der Waals surface area contributed by atoms with E-state index in [4.69, 9.17) is 23.2 Å². The van der Waals surface area contributed by atoms with Crippen molar-refractivity contribution in [3.8, 4) is 0 Å². The third-order valence-corrected chi connectivity index (χ3v) is 4.56. The standard InChI is InChI=1S/C16H15Cl2NOS/c17-14-7-6-13(8-15(14)18)10-21-11-16(20)19-9-12-4-2-1-3-5-12/h1-8H,9-11H2,(H,19,20). The lowest BCUT2D eigenvalue weighted by atomic mass is 10.2. The van der Waals surface area contributed by atoms with Gasteiger partial charge in [-0.3, -0.25) is 4.79 Å². The van der Waals surface area contributed by atoms with Crippen molar-refractivity contribution in [1.29, 1.82) is 0 Å². The van der Waals surface area contributed by atoms with Crippen molar-refractivity contribution in [2.45, 2.75) is 12.3 Å². The Morgan fingerprint density at radius 3 is 2.48 bits per heavy atom. The predicted octanol–water partition coefficient (Wildman–Crippen LogP) is 4.54. The zero-order valence-corrected chi connectivity index (χ0v) is 13.6. The monoisotopic (exact) mass is 339 g/mol. The van der Waals surface area contributed by atoms with E-state index in [2.05, 4.69) is 5.32 Å². The average molecular weight is 340 g/mol. The molecular formula is C16H15Cl2NOS. The number of benzene rings is 2. The Bertz CT molecular complexity index is 604. The Kier molecular flexibility index (Phi) is 6.43. The summed E-state index contributed by atoms with van der Waals surface area (Å²) in [5.74, 6) is 1.19. The van der Waals surface area contributed by atoms with Crippen LogP contribution in [-0.4, -0.2) is 11.7 Å². The number of hydrogen-bond acceptors (Lipinski definition) is 2. The molecule has 0 saturated carbocycles. The molecule has 5 heteroatoms. The van der Waals surface area contributed by atoms with Gasteiger partial charge in [-0.2, -0.15) is 0 Å². The highest BCUT2D eigenvalue weighted by atomic mass is 35.5. The molecule has 21 heavy (non-hydrogen) atoms. The maximum absolute atomic E-state index is 11.7. The fraction of sp³-hybridized carbons (Fsp3) is 0.188. The third-order valence-electron chi connectivity index (χ3n) is 2.82. The number of rotatable bonds is 6. The van der Waals surface area contributed by atoms with Crippen molar-refractivity contribution >= 4 is 40.9 Å². The van der Waals surface area contributed by atoms with Gasteiger partial charge in [0.25, 0.3) is 0 Å². The Hall–Kier alpha value is -1.16. The van der Waals surface area contributed by atoms with Crippen molar-refractivity contribution in [3.05, 3.63) is 69.7 Å². The number of thioether (sulfide) groups is 1. The molecule has 1 amide bonds. The van der Waals surface area contributed by atoms with Crippen molar-refractivity contribution in [2.24, 2.45) is 0 Å². The van der Waals surface area contributed by atoms with Crippen LogP contribution >= 0.6 is 35.0 Å². The molecule has 0 aliphatic heterocycles. The molecule has 2 rings (SSSR count). The van der Waals surface area contributed by atoms with E-state index in [0.29, 0.717) is 22.3 Å². The van der Waals surface area contributed by atoms with Crippen molar-refractivity contribution in [3.63, 3.8) is 0 Å². The first kappa shape index (κ1) is 16.2. The van der Waals surface area contributed by atoms with E-state index in [1.165, 1.54) is 0 Å². The van der Waals surface area contributed by atoms with Crippen LogP contribution in [0, 0.1) is 0 Å². The van der Waals surface area contributed by atoms with Crippen molar-refractivity contribution in [1.82, 2.24) is 5.32 Å². The van der Waals surface area contributed by atoms with Gasteiger partial charge in [-0.25, -0.2) is 0 Å². The molecule has 0 aliphatic carbocycles. The zero-order chi connectivity index (χ0) is 15.1. The van der Waals surface area contributed by atoms with Gasteiger partial charge in [-0.05, 0) is 23.3 Å². The fourth-order valence-electron chi connectivity index (χ4n) is 1.74. The highest BCUT2D eigenvalue weighted by Gasteiger charge is 2.04. The molecule has 0 unspecified atom stereocenters. The van der Waals surface area contributed by atoms with Crippen LogP contribution in [0.4, 0.5) is 0 Å². The minimum Gasteiger partial charge on any atom is -0.351 e. The lowest BCUT2D eigenvalue weighted by Gasteiger charge is -2.06. The molecular weight excluding hydrogens is 325 g/mol. The summed E-state index contributed by atoms with van der Waals surface area (Å²) < 4.78 is 0. The van der Waals surface area contributed by atoms with E-state index in [0.717, 1.165) is 16.9 Å². The Morgan fingerprint density at radius 1 is 1.00 bits per heavy atom. The van der Waals surface area contributed by atoms with Crippen LogP contribution in [0.1, 0.15) is 11.1 Å². The van der Waals surface area contributed by atoms with Gasteiger partial charge in [-0.15, -0.1) is 11.8 Å². The molecule has 0 bridgehead atoms. The molecule has 0 aliphatic rings. The molecule has 110 valence electrons. The van der Waals surface area contributed by atoms with E-state index >= 15 is 0 Å². The molecule has 0 aromatic heterocycles. The van der Waals surface area contributed by atoms with E-state index in [-0.39, 0.29) is 5.91 Å². The van der Waals surface area contributed by atoms with E-state index in [1.54, 1.807) is 17.8 Å². The predicted molar refractivity (Wildman–Crippen MR) is 90.9 cm³/mol. The minimum atomic E-state index is 0.0314. The lowest BCUT2D eigenvalue weighted by molar-refractivity contribution is -0.118. The van der Waals surface area contributed by atoms with Crippen LogP contribution in [0.5, 0.6) is 0 Å². The number of hydrogen-bond donors (Lipinski definition) is 1. The van der Waals surface area contributed by atoms with Crippen LogP contribution in [-0.2, 0) is 17.1 Å². The smallest absolute Gasteiger partial charge is 0.230 e. The van der Waals surface area contributed by atoms with E-state index < -0.39 is 0 Å². The van der Waals surface area contributed by atoms with Gasteiger partial charge >= 0.3 is 0 Å². The Balaban J connectivity index is 1.70. The average Bonchev–Trinajstić information content (AvgIpc) is 2.50. The number of amides is 1. The molecule has 0 saturated heterocycles. The van der Waals surface area contributed by atoms with E-state index in [9.17, 15) is 4.79 Å². The van der Waals surface area contributed by atoms with Crippen LogP contribution in [0.2, 0.25) is 10.0 Å². The molecule has 2 aromatic rings. The molecule has 0 atom stereocenters. The van der Waals surface area contributed by atoms with Crippen LogP contribution in [0.3, 0.4) is 0 Å². The van der Waals surface area contributed by atoms with Gasteiger partial charge in [0.15, 0.2) is 0 Å². The summed E-state index contributed by atoms with van der Waals surface area (Å²) in [4.78, 5) is 11.7. The summed E-state index contributed by atoms with van der Waals surface area (Å²) in [5.41, 5.74) is 2.16. The first-order valence-electron chi connectivity index (χ1n) is 6.47. The summed E-state index contributed by atoms with van der Waals surface area (Å²) >= 11 is 13.4. The van der Waals surface area contributed by atoms with Crippen LogP contribution in [0.25, 0.3) is 0 Å². The highest BCUT2D eigenvalue weighted by molar-refractivity contribution is 7.99. The summed E-state index contributed by atoms with van der Waals surface area (Å²) in [7, 11) is 0. The summed E-state index contributed by atoms with van der Waals surface area (Å²) in [6, 6.07) is 15.4. The first-order chi connectivity index (χ1) is 10.1. The third kappa shape index (κ3) is 5.62. The molecule has 0 spiro atoms. The van der Waals surface area contributed by atoms with Crippen molar-refractivity contribution < 1.29 is 4.79 Å². The normalized spacial score (nSPS) is 10.4. The van der Waals surface area contributed by atoms with Gasteiger partial charge in [0.2, 0.25) is 5.91 Å². The lowest BCUT2D eigenvalue weighted by Crippen LogP contribution is -2.24. The SMILES string of the molecule is O=C(CSCc1ccc(Cl)c(Cl)c1)NCc1ccccc1. The number of carbonyl (C=O) groups excluding carboxylic acids is 1. The number of carbonyl (C=O) groups is 1. The quantitative estimate of drug-likeness (QED) is 0.836. The molecule has 0 fully saturated rings. The van der Waals surface area contributed by atoms with Gasteiger partial charge in [0.1, 0.15) is 0 Å². The second-order valence-electron chi connectivity index (χ2n) is 4.50. The number of halogens is 2. The summed E-state index contributed by atoms with van der Waals surface area (Å²) in [6.07, 6.45) is 0. The van der Waals surface area contributed by atoms with Gasteiger partial charge in [-0.1, -0.05) is 59.6 Å². The van der Waals surface area contributed by atoms with Crippen LogP contribution < -0.4 is 5.32 Å². The Labute approximate surface area is 138 Å². The summed E-state index contributed by atoms with van der Waals surface area (Å²) in [6.45, 7) is 0.563. The fourth-order valence-corrected chi connectivity index (χ4v) is 2.86. The topological polar surface area (TPSA) is 29.1 Å².